The zero-order valence-electron chi connectivity index (χ0n) is 9.13. The Hall–Kier alpha value is -1.74. The molecule has 1 aliphatic rings. The van der Waals surface area contributed by atoms with Crippen molar-refractivity contribution in [3.05, 3.63) is 48.1 Å². The smallest absolute Gasteiger partial charge is 0.0636 e. The summed E-state index contributed by atoms with van der Waals surface area (Å²) in [6, 6.07) is 8.60. The van der Waals surface area contributed by atoms with Crippen LogP contribution in [0.2, 0.25) is 0 Å². The summed E-state index contributed by atoms with van der Waals surface area (Å²) in [5.74, 6) is 0. The normalized spacial score (nSPS) is 14.4. The third-order valence-electron chi connectivity index (χ3n) is 3.23. The monoisotopic (exact) mass is 238 g/mol. The predicted octanol–water partition coefficient (Wildman–Crippen LogP) is 3.81. The van der Waals surface area contributed by atoms with Crippen LogP contribution in [0.25, 0.3) is 21.8 Å². The number of hydrogen-bond acceptors (Lipinski definition) is 2. The molecule has 0 atom stereocenters. The maximum atomic E-state index is 4.25. The third kappa shape index (κ3) is 1.20. The van der Waals surface area contributed by atoms with Gasteiger partial charge in [0, 0.05) is 34.6 Å². The van der Waals surface area contributed by atoms with Crippen molar-refractivity contribution in [3.8, 4) is 0 Å². The Balaban J connectivity index is 2.32. The first-order valence-corrected chi connectivity index (χ1v) is 6.50. The van der Waals surface area contributed by atoms with Crippen LogP contribution in [0.4, 0.5) is 0 Å². The molecular formula is C14H10N2S. The first-order chi connectivity index (χ1) is 8.45. The fourth-order valence-corrected chi connectivity index (χ4v) is 3.34. The second kappa shape index (κ2) is 3.37. The lowest BCUT2D eigenvalue weighted by atomic mass is 10.2. The average Bonchev–Trinajstić information content (AvgIpc) is 2.56. The zero-order valence-corrected chi connectivity index (χ0v) is 9.95. The lowest BCUT2D eigenvalue weighted by Gasteiger charge is -2.03. The summed E-state index contributed by atoms with van der Waals surface area (Å²) in [5, 5.41) is 4.73. The van der Waals surface area contributed by atoms with Crippen LogP contribution in [0.15, 0.2) is 53.0 Å². The maximum Gasteiger partial charge on any atom is 0.0636 e. The van der Waals surface area contributed by atoms with Gasteiger partial charge in [-0.3, -0.25) is 4.98 Å². The molecule has 0 saturated heterocycles. The van der Waals surface area contributed by atoms with Crippen molar-refractivity contribution < 1.29 is 0 Å². The van der Waals surface area contributed by atoms with E-state index in [0.717, 1.165) is 6.54 Å². The van der Waals surface area contributed by atoms with E-state index in [1.807, 2.05) is 12.4 Å². The van der Waals surface area contributed by atoms with Crippen molar-refractivity contribution in [2.75, 3.05) is 0 Å². The van der Waals surface area contributed by atoms with Crippen LogP contribution >= 0.6 is 11.8 Å². The SMILES string of the molecule is C1=CSc2cccc3c4cnccc4n(c23)C1. The minimum Gasteiger partial charge on any atom is -0.336 e. The van der Waals surface area contributed by atoms with E-state index in [-0.39, 0.29) is 0 Å². The summed E-state index contributed by atoms with van der Waals surface area (Å²) in [6.45, 7) is 0.939. The summed E-state index contributed by atoms with van der Waals surface area (Å²) < 4.78 is 2.37. The molecule has 0 radical (unpaired) electrons. The molecule has 0 aliphatic carbocycles. The van der Waals surface area contributed by atoms with Crippen molar-refractivity contribution in [3.63, 3.8) is 0 Å². The van der Waals surface area contributed by atoms with Gasteiger partial charge in [0.2, 0.25) is 0 Å². The van der Waals surface area contributed by atoms with Crippen LogP contribution in [-0.2, 0) is 6.54 Å². The van der Waals surface area contributed by atoms with Crippen molar-refractivity contribution in [2.45, 2.75) is 11.4 Å². The molecule has 4 rings (SSSR count). The molecule has 0 N–H and O–H groups in total. The first kappa shape index (κ1) is 9.31. The Morgan fingerprint density at radius 2 is 2.18 bits per heavy atom. The predicted molar refractivity (Wildman–Crippen MR) is 72.2 cm³/mol. The molecule has 3 heterocycles. The summed E-state index contributed by atoms with van der Waals surface area (Å²) in [5.41, 5.74) is 2.61. The maximum absolute atomic E-state index is 4.25. The molecule has 0 saturated carbocycles. The van der Waals surface area contributed by atoms with Crippen molar-refractivity contribution in [1.29, 1.82) is 0 Å². The van der Waals surface area contributed by atoms with Gasteiger partial charge in [0.1, 0.15) is 0 Å². The van der Waals surface area contributed by atoms with Gasteiger partial charge < -0.3 is 4.57 Å². The highest BCUT2D eigenvalue weighted by atomic mass is 32.2. The lowest BCUT2D eigenvalue weighted by Crippen LogP contribution is -1.93. The minimum atomic E-state index is 0.939. The zero-order chi connectivity index (χ0) is 11.2. The molecule has 0 amide bonds. The topological polar surface area (TPSA) is 17.8 Å². The average molecular weight is 238 g/mol. The van der Waals surface area contributed by atoms with E-state index in [1.165, 1.54) is 26.7 Å². The van der Waals surface area contributed by atoms with Crippen LogP contribution in [0.5, 0.6) is 0 Å². The summed E-state index contributed by atoms with van der Waals surface area (Å²) in [6.07, 6.45) is 6.05. The Bertz CT molecular complexity index is 755. The van der Waals surface area contributed by atoms with Crippen LogP contribution in [0.3, 0.4) is 0 Å². The van der Waals surface area contributed by atoms with E-state index in [4.69, 9.17) is 0 Å². The van der Waals surface area contributed by atoms with E-state index in [1.54, 1.807) is 11.8 Å². The molecule has 0 unspecified atom stereocenters. The van der Waals surface area contributed by atoms with Gasteiger partial charge in [0.15, 0.2) is 0 Å². The van der Waals surface area contributed by atoms with Crippen molar-refractivity contribution >= 4 is 33.6 Å². The molecule has 1 aromatic carbocycles. The number of benzene rings is 1. The highest BCUT2D eigenvalue weighted by Crippen LogP contribution is 2.36. The van der Waals surface area contributed by atoms with Gasteiger partial charge >= 0.3 is 0 Å². The van der Waals surface area contributed by atoms with Gasteiger partial charge in [-0.25, -0.2) is 0 Å². The summed E-state index contributed by atoms with van der Waals surface area (Å²) in [7, 11) is 0. The number of fused-ring (bicyclic) bond motifs is 3. The van der Waals surface area contributed by atoms with E-state index < -0.39 is 0 Å². The van der Waals surface area contributed by atoms with Gasteiger partial charge in [-0.2, -0.15) is 0 Å². The summed E-state index contributed by atoms with van der Waals surface area (Å²) >= 11 is 1.80. The molecule has 2 nitrogen and oxygen atoms in total. The fourth-order valence-electron chi connectivity index (χ4n) is 2.52. The number of thioether (sulfide) groups is 1. The minimum absolute atomic E-state index is 0.939. The van der Waals surface area contributed by atoms with Gasteiger partial charge in [-0.1, -0.05) is 30.0 Å². The summed E-state index contributed by atoms with van der Waals surface area (Å²) in [4.78, 5) is 5.57. The molecule has 17 heavy (non-hydrogen) atoms. The molecule has 82 valence electrons. The lowest BCUT2D eigenvalue weighted by molar-refractivity contribution is 0.894. The molecule has 0 spiro atoms. The number of hydrogen-bond donors (Lipinski definition) is 0. The van der Waals surface area contributed by atoms with E-state index >= 15 is 0 Å². The molecule has 1 aliphatic heterocycles. The highest BCUT2D eigenvalue weighted by Gasteiger charge is 2.14. The molecule has 0 fully saturated rings. The molecule has 0 bridgehead atoms. The van der Waals surface area contributed by atoms with Crippen LogP contribution in [0, 0.1) is 0 Å². The molecule has 2 aromatic heterocycles. The second-order valence-electron chi connectivity index (χ2n) is 4.15. The Morgan fingerprint density at radius 1 is 1.18 bits per heavy atom. The highest BCUT2D eigenvalue weighted by molar-refractivity contribution is 8.02. The van der Waals surface area contributed by atoms with Crippen LogP contribution in [0.1, 0.15) is 0 Å². The molecule has 3 aromatic rings. The Labute approximate surface area is 103 Å². The van der Waals surface area contributed by atoms with Gasteiger partial charge in [-0.15, -0.1) is 0 Å². The molecule has 3 heteroatoms. The van der Waals surface area contributed by atoms with Crippen molar-refractivity contribution in [2.24, 2.45) is 0 Å². The van der Waals surface area contributed by atoms with Gasteiger partial charge in [0.05, 0.1) is 11.0 Å². The number of allylic oxidation sites excluding steroid dienone is 1. The first-order valence-electron chi connectivity index (χ1n) is 5.62. The Morgan fingerprint density at radius 3 is 3.18 bits per heavy atom. The van der Waals surface area contributed by atoms with Gasteiger partial charge in [0.25, 0.3) is 0 Å². The number of para-hydroxylation sites is 1. The third-order valence-corrected chi connectivity index (χ3v) is 4.14. The second-order valence-corrected chi connectivity index (χ2v) is 5.09. The largest absolute Gasteiger partial charge is 0.336 e. The number of pyridine rings is 1. The van der Waals surface area contributed by atoms with Crippen LogP contribution in [-0.4, -0.2) is 9.55 Å². The van der Waals surface area contributed by atoms with E-state index in [9.17, 15) is 0 Å². The van der Waals surface area contributed by atoms with Crippen molar-refractivity contribution in [1.82, 2.24) is 9.55 Å². The fraction of sp³-hybridized carbons (Fsp3) is 0.0714. The standard InChI is InChI=1S/C14H10N2S/c1-3-10-11-9-15-6-5-12(11)16-7-2-8-17-13(4-1)14(10)16/h1-6,8-9H,7H2. The van der Waals surface area contributed by atoms with Crippen LogP contribution < -0.4 is 0 Å². The Kier molecular flexibility index (Phi) is 1.85. The number of aromatic nitrogens is 2. The van der Waals surface area contributed by atoms with E-state index in [0.29, 0.717) is 0 Å². The van der Waals surface area contributed by atoms with Gasteiger partial charge in [-0.05, 0) is 17.5 Å². The van der Waals surface area contributed by atoms with E-state index in [2.05, 4.69) is 45.3 Å². The number of nitrogens with zero attached hydrogens (tertiary/aromatic N) is 2. The quantitative estimate of drug-likeness (QED) is 0.592. The molecular weight excluding hydrogens is 228 g/mol. The number of rotatable bonds is 0.